The summed E-state index contributed by atoms with van der Waals surface area (Å²) in [5.74, 6) is 1.77. The Balaban J connectivity index is 1.95. The van der Waals surface area contributed by atoms with Gasteiger partial charge in [0.05, 0.1) is 5.69 Å². The molecule has 1 fully saturated rings. The number of amides is 1. The van der Waals surface area contributed by atoms with E-state index in [4.69, 9.17) is 9.26 Å². The Hall–Kier alpha value is -2.25. The number of piperidine rings is 1. The molecule has 158 valence electrons. The highest BCUT2D eigenvalue weighted by Gasteiger charge is 2.28. The Morgan fingerprint density at radius 3 is 2.82 bits per heavy atom. The zero-order valence-electron chi connectivity index (χ0n) is 18.0. The van der Waals surface area contributed by atoms with Crippen LogP contribution in [-0.2, 0) is 11.3 Å². The number of ether oxygens (including phenoxy) is 1. The van der Waals surface area contributed by atoms with Crippen molar-refractivity contribution in [1.82, 2.24) is 20.7 Å². The number of rotatable bonds is 5. The summed E-state index contributed by atoms with van der Waals surface area (Å²) < 4.78 is 10.9. The van der Waals surface area contributed by atoms with Gasteiger partial charge in [-0.1, -0.05) is 19.0 Å². The predicted molar refractivity (Wildman–Crippen MR) is 109 cm³/mol. The van der Waals surface area contributed by atoms with E-state index in [1.54, 1.807) is 4.90 Å². The van der Waals surface area contributed by atoms with Gasteiger partial charge in [-0.2, -0.15) is 0 Å². The lowest BCUT2D eigenvalue weighted by molar-refractivity contribution is 0.0193. The molecule has 1 atom stereocenters. The van der Waals surface area contributed by atoms with Crippen molar-refractivity contribution in [1.29, 1.82) is 0 Å². The fourth-order valence-corrected chi connectivity index (χ4v) is 2.93. The van der Waals surface area contributed by atoms with Crippen molar-refractivity contribution in [2.45, 2.75) is 78.5 Å². The lowest BCUT2D eigenvalue weighted by atomic mass is 10.1. The van der Waals surface area contributed by atoms with Crippen molar-refractivity contribution in [2.24, 2.45) is 4.99 Å². The molecule has 0 spiro atoms. The van der Waals surface area contributed by atoms with Crippen LogP contribution in [0.2, 0.25) is 0 Å². The van der Waals surface area contributed by atoms with Crippen molar-refractivity contribution in [3.05, 3.63) is 17.5 Å². The molecule has 0 bridgehead atoms. The summed E-state index contributed by atoms with van der Waals surface area (Å²) in [6.45, 7) is 14.3. The van der Waals surface area contributed by atoms with Gasteiger partial charge in [0.1, 0.15) is 12.1 Å². The molecule has 2 heterocycles. The van der Waals surface area contributed by atoms with Crippen LogP contribution in [0.5, 0.6) is 0 Å². The zero-order valence-corrected chi connectivity index (χ0v) is 18.0. The number of hydrogen-bond acceptors (Lipinski definition) is 5. The molecular formula is C20H35N5O3. The zero-order chi connectivity index (χ0) is 20.7. The van der Waals surface area contributed by atoms with Gasteiger partial charge in [-0.15, -0.1) is 0 Å². The summed E-state index contributed by atoms with van der Waals surface area (Å²) >= 11 is 0. The number of likely N-dealkylation sites (tertiary alicyclic amines) is 1. The first kappa shape index (κ1) is 22.0. The summed E-state index contributed by atoms with van der Waals surface area (Å²) in [6.07, 6.45) is 1.64. The molecule has 0 saturated carbocycles. The van der Waals surface area contributed by atoms with Crippen LogP contribution in [0.25, 0.3) is 0 Å². The SMILES string of the molecule is CCNC(=NCc1cc(C(C)C)no1)NC1CCCN(C(=O)OC(C)(C)C)C1. The van der Waals surface area contributed by atoms with Gasteiger partial charge < -0.3 is 24.8 Å². The van der Waals surface area contributed by atoms with E-state index in [0.29, 0.717) is 25.0 Å². The fraction of sp³-hybridized carbons (Fsp3) is 0.750. The summed E-state index contributed by atoms with van der Waals surface area (Å²) in [5.41, 5.74) is 0.447. The van der Waals surface area contributed by atoms with E-state index in [-0.39, 0.29) is 12.1 Å². The Kier molecular flexibility index (Phi) is 7.71. The second kappa shape index (κ2) is 9.80. The maximum absolute atomic E-state index is 12.3. The van der Waals surface area contributed by atoms with Gasteiger partial charge in [-0.3, -0.25) is 0 Å². The number of carbonyl (C=O) groups excluding carboxylic acids is 1. The van der Waals surface area contributed by atoms with E-state index in [9.17, 15) is 4.79 Å². The normalized spacial score (nSPS) is 18.3. The van der Waals surface area contributed by atoms with Gasteiger partial charge in [0.2, 0.25) is 0 Å². The third-order valence-corrected chi connectivity index (χ3v) is 4.32. The van der Waals surface area contributed by atoms with Crippen LogP contribution in [0.3, 0.4) is 0 Å². The third kappa shape index (κ3) is 7.05. The largest absolute Gasteiger partial charge is 0.444 e. The highest BCUT2D eigenvalue weighted by molar-refractivity contribution is 5.80. The summed E-state index contributed by atoms with van der Waals surface area (Å²) in [7, 11) is 0. The Morgan fingerprint density at radius 2 is 2.21 bits per heavy atom. The minimum Gasteiger partial charge on any atom is -0.444 e. The molecule has 8 nitrogen and oxygen atoms in total. The number of hydrogen-bond donors (Lipinski definition) is 2. The van der Waals surface area contributed by atoms with Gasteiger partial charge >= 0.3 is 6.09 Å². The van der Waals surface area contributed by atoms with Crippen LogP contribution < -0.4 is 10.6 Å². The molecule has 2 rings (SSSR count). The molecule has 1 aliphatic heterocycles. The predicted octanol–water partition coefficient (Wildman–Crippen LogP) is 3.25. The first-order valence-corrected chi connectivity index (χ1v) is 10.2. The first-order chi connectivity index (χ1) is 13.2. The van der Waals surface area contributed by atoms with Gasteiger partial charge in [-0.25, -0.2) is 9.79 Å². The Morgan fingerprint density at radius 1 is 1.46 bits per heavy atom. The van der Waals surface area contributed by atoms with Crippen molar-refractivity contribution in [2.75, 3.05) is 19.6 Å². The second-order valence-corrected chi connectivity index (χ2v) is 8.48. The first-order valence-electron chi connectivity index (χ1n) is 10.2. The van der Waals surface area contributed by atoms with Crippen molar-refractivity contribution >= 4 is 12.1 Å². The van der Waals surface area contributed by atoms with Crippen molar-refractivity contribution in [3.63, 3.8) is 0 Å². The van der Waals surface area contributed by atoms with E-state index in [2.05, 4.69) is 34.6 Å². The highest BCUT2D eigenvalue weighted by atomic mass is 16.6. The van der Waals surface area contributed by atoms with E-state index < -0.39 is 5.60 Å². The Labute approximate surface area is 168 Å². The van der Waals surface area contributed by atoms with Crippen LogP contribution in [0.1, 0.15) is 71.8 Å². The summed E-state index contributed by atoms with van der Waals surface area (Å²) in [6, 6.07) is 2.07. The van der Waals surface area contributed by atoms with Crippen molar-refractivity contribution in [3.8, 4) is 0 Å². The summed E-state index contributed by atoms with van der Waals surface area (Å²) in [4.78, 5) is 18.7. The van der Waals surface area contributed by atoms with E-state index in [0.717, 1.165) is 37.4 Å². The lowest BCUT2D eigenvalue weighted by Gasteiger charge is -2.35. The number of aliphatic imine (C=N–C) groups is 1. The number of guanidine groups is 1. The number of nitrogens with one attached hydrogen (secondary N) is 2. The quantitative estimate of drug-likeness (QED) is 0.589. The Bertz CT molecular complexity index is 663. The van der Waals surface area contributed by atoms with Crippen LogP contribution in [-0.4, -0.2) is 53.4 Å². The van der Waals surface area contributed by atoms with Crippen LogP contribution >= 0.6 is 0 Å². The molecule has 0 aliphatic carbocycles. The number of aromatic nitrogens is 1. The van der Waals surface area contributed by atoms with E-state index in [1.165, 1.54) is 0 Å². The van der Waals surface area contributed by atoms with Gasteiger partial charge in [0.25, 0.3) is 0 Å². The monoisotopic (exact) mass is 393 g/mol. The molecule has 1 amide bonds. The topological polar surface area (TPSA) is 92.0 Å². The van der Waals surface area contributed by atoms with E-state index >= 15 is 0 Å². The van der Waals surface area contributed by atoms with Crippen LogP contribution in [0, 0.1) is 0 Å². The smallest absolute Gasteiger partial charge is 0.410 e. The lowest BCUT2D eigenvalue weighted by Crippen LogP contribution is -2.53. The molecule has 1 aromatic heterocycles. The highest BCUT2D eigenvalue weighted by Crippen LogP contribution is 2.16. The maximum Gasteiger partial charge on any atom is 0.410 e. The van der Waals surface area contributed by atoms with E-state index in [1.807, 2.05) is 33.8 Å². The molecule has 2 N–H and O–H groups in total. The maximum atomic E-state index is 12.3. The van der Waals surface area contributed by atoms with Gasteiger partial charge in [0.15, 0.2) is 11.7 Å². The van der Waals surface area contributed by atoms with Crippen LogP contribution in [0.15, 0.2) is 15.6 Å². The molecule has 1 unspecified atom stereocenters. The molecule has 0 radical (unpaired) electrons. The fourth-order valence-electron chi connectivity index (χ4n) is 2.93. The standard InChI is InChI=1S/C20H35N5O3/c1-7-21-18(22-12-16-11-17(14(2)3)24-28-16)23-15-9-8-10-25(13-15)19(26)27-20(4,5)6/h11,14-15H,7-10,12-13H2,1-6H3,(H2,21,22,23). The molecule has 1 aromatic rings. The third-order valence-electron chi connectivity index (χ3n) is 4.32. The second-order valence-electron chi connectivity index (χ2n) is 8.48. The van der Waals surface area contributed by atoms with Gasteiger partial charge in [-0.05, 0) is 46.5 Å². The molecule has 8 heteroatoms. The molecule has 0 aromatic carbocycles. The minimum atomic E-state index is -0.486. The number of carbonyl (C=O) groups is 1. The summed E-state index contributed by atoms with van der Waals surface area (Å²) in [5, 5.41) is 10.8. The van der Waals surface area contributed by atoms with Gasteiger partial charge in [0, 0.05) is 31.7 Å². The molecule has 1 saturated heterocycles. The number of nitrogens with zero attached hydrogens (tertiary/aromatic N) is 3. The average molecular weight is 394 g/mol. The molecular weight excluding hydrogens is 358 g/mol. The molecule has 28 heavy (non-hydrogen) atoms. The van der Waals surface area contributed by atoms with Crippen LogP contribution in [0.4, 0.5) is 4.79 Å². The molecule has 1 aliphatic rings. The van der Waals surface area contributed by atoms with Crippen molar-refractivity contribution < 1.29 is 14.1 Å². The average Bonchev–Trinajstić information content (AvgIpc) is 3.08. The minimum absolute atomic E-state index is 0.125.